The zero-order chi connectivity index (χ0) is 15.8. The lowest BCUT2D eigenvalue weighted by Gasteiger charge is -2.20. The second kappa shape index (κ2) is 8.04. The van der Waals surface area contributed by atoms with Gasteiger partial charge in [0.1, 0.15) is 23.3 Å². The number of methoxy groups -OCH3 is 1. The van der Waals surface area contributed by atoms with Crippen LogP contribution in [0.15, 0.2) is 42.5 Å². The largest absolute Gasteiger partial charge is 0.497 e. The van der Waals surface area contributed by atoms with Gasteiger partial charge in [-0.15, -0.1) is 0 Å². The van der Waals surface area contributed by atoms with Gasteiger partial charge in [-0.3, -0.25) is 0 Å². The van der Waals surface area contributed by atoms with E-state index >= 15 is 0 Å². The van der Waals surface area contributed by atoms with E-state index in [0.29, 0.717) is 5.69 Å². The van der Waals surface area contributed by atoms with Gasteiger partial charge in [-0.05, 0) is 36.2 Å². The van der Waals surface area contributed by atoms with Crippen LogP contribution < -0.4 is 10.1 Å². The number of benzene rings is 1. The maximum absolute atomic E-state index is 8.96. The summed E-state index contributed by atoms with van der Waals surface area (Å²) >= 11 is 0. The van der Waals surface area contributed by atoms with Gasteiger partial charge < -0.3 is 10.1 Å². The predicted molar refractivity (Wildman–Crippen MR) is 87.8 cm³/mol. The third-order valence-corrected chi connectivity index (χ3v) is 3.55. The number of aromatic nitrogens is 1. The molecule has 0 aliphatic rings. The molecule has 1 N–H and O–H groups in total. The molecule has 22 heavy (non-hydrogen) atoms. The van der Waals surface area contributed by atoms with Crippen molar-refractivity contribution in [3.8, 4) is 11.8 Å². The van der Waals surface area contributed by atoms with E-state index in [2.05, 4.69) is 35.4 Å². The molecule has 4 heteroatoms. The summed E-state index contributed by atoms with van der Waals surface area (Å²) < 4.78 is 5.21. The molecule has 1 unspecified atom stereocenters. The molecular formula is C18H21N3O. The van der Waals surface area contributed by atoms with Crippen LogP contribution in [0, 0.1) is 11.3 Å². The fourth-order valence-corrected chi connectivity index (χ4v) is 2.32. The highest BCUT2D eigenvalue weighted by Crippen LogP contribution is 2.25. The molecule has 0 saturated carbocycles. The monoisotopic (exact) mass is 295 g/mol. The summed E-state index contributed by atoms with van der Waals surface area (Å²) in [6.45, 7) is 2.18. The number of nitrogens with zero attached hydrogens (tertiary/aromatic N) is 2. The molecule has 1 aromatic carbocycles. The van der Waals surface area contributed by atoms with Crippen molar-refractivity contribution in [2.75, 3.05) is 12.4 Å². The van der Waals surface area contributed by atoms with E-state index in [1.54, 1.807) is 13.2 Å². The van der Waals surface area contributed by atoms with Crippen LogP contribution in [0.3, 0.4) is 0 Å². The number of ether oxygens (including phenoxy) is 1. The average molecular weight is 295 g/mol. The number of hydrogen-bond acceptors (Lipinski definition) is 4. The summed E-state index contributed by atoms with van der Waals surface area (Å²) in [4.78, 5) is 4.30. The fraction of sp³-hybridized carbons (Fsp3) is 0.333. The maximum Gasteiger partial charge on any atom is 0.142 e. The van der Waals surface area contributed by atoms with Crippen LogP contribution >= 0.6 is 0 Å². The molecule has 0 bridgehead atoms. The van der Waals surface area contributed by atoms with Gasteiger partial charge in [-0.2, -0.15) is 5.26 Å². The number of anilines is 1. The number of nitriles is 1. The Morgan fingerprint density at radius 2 is 2.00 bits per heavy atom. The topological polar surface area (TPSA) is 57.9 Å². The fourth-order valence-electron chi connectivity index (χ4n) is 2.32. The predicted octanol–water partition coefficient (Wildman–Crippen LogP) is 4.31. The minimum Gasteiger partial charge on any atom is -0.497 e. The van der Waals surface area contributed by atoms with Crippen molar-refractivity contribution >= 4 is 5.82 Å². The third-order valence-electron chi connectivity index (χ3n) is 3.55. The molecule has 0 aliphatic heterocycles. The highest BCUT2D eigenvalue weighted by molar-refractivity contribution is 5.42. The van der Waals surface area contributed by atoms with Crippen molar-refractivity contribution in [2.45, 2.75) is 32.2 Å². The molecule has 1 atom stereocenters. The van der Waals surface area contributed by atoms with E-state index in [1.165, 1.54) is 5.56 Å². The molecule has 0 amide bonds. The first-order chi connectivity index (χ1) is 10.8. The molecule has 4 nitrogen and oxygen atoms in total. The molecule has 0 aliphatic carbocycles. The molecule has 1 aromatic heterocycles. The van der Waals surface area contributed by atoms with Crippen LogP contribution in [0.5, 0.6) is 5.75 Å². The maximum atomic E-state index is 8.96. The van der Waals surface area contributed by atoms with Gasteiger partial charge in [0.05, 0.1) is 13.2 Å². The van der Waals surface area contributed by atoms with Crippen molar-refractivity contribution in [1.29, 1.82) is 5.26 Å². The minimum absolute atomic E-state index is 0.173. The minimum atomic E-state index is 0.173. The summed E-state index contributed by atoms with van der Waals surface area (Å²) in [5.41, 5.74) is 1.62. The van der Waals surface area contributed by atoms with E-state index in [0.717, 1.165) is 30.8 Å². The lowest BCUT2D eigenvalue weighted by molar-refractivity contribution is 0.414. The molecule has 0 spiro atoms. The van der Waals surface area contributed by atoms with Gasteiger partial charge in [0.2, 0.25) is 0 Å². The molecule has 0 radical (unpaired) electrons. The quantitative estimate of drug-likeness (QED) is 0.827. The summed E-state index contributed by atoms with van der Waals surface area (Å²) in [6.07, 6.45) is 3.28. The Morgan fingerprint density at radius 1 is 1.23 bits per heavy atom. The Labute approximate surface area is 131 Å². The van der Waals surface area contributed by atoms with E-state index in [4.69, 9.17) is 10.00 Å². The van der Waals surface area contributed by atoms with Crippen LogP contribution in [-0.2, 0) is 0 Å². The Hall–Kier alpha value is -2.54. The van der Waals surface area contributed by atoms with Crippen LogP contribution in [0.4, 0.5) is 5.82 Å². The Morgan fingerprint density at radius 3 is 2.64 bits per heavy atom. The molecule has 0 fully saturated rings. The summed E-state index contributed by atoms with van der Waals surface area (Å²) in [7, 11) is 1.67. The molecule has 114 valence electrons. The normalized spacial score (nSPS) is 11.5. The van der Waals surface area contributed by atoms with Crippen molar-refractivity contribution < 1.29 is 4.74 Å². The van der Waals surface area contributed by atoms with Gasteiger partial charge in [0.25, 0.3) is 0 Å². The number of rotatable bonds is 7. The first-order valence-electron chi connectivity index (χ1n) is 7.54. The van der Waals surface area contributed by atoms with Gasteiger partial charge in [0, 0.05) is 0 Å². The summed E-state index contributed by atoms with van der Waals surface area (Å²) in [6, 6.07) is 15.8. The van der Waals surface area contributed by atoms with Crippen molar-refractivity contribution in [3.05, 3.63) is 53.7 Å². The van der Waals surface area contributed by atoms with Gasteiger partial charge in [-0.25, -0.2) is 4.98 Å². The Bertz CT molecular complexity index is 632. The SMILES string of the molecule is CCCCC(Nc1cccc(C#N)n1)c1ccc(OC)cc1. The molecule has 2 rings (SSSR count). The lowest BCUT2D eigenvalue weighted by atomic mass is 10.0. The highest BCUT2D eigenvalue weighted by atomic mass is 16.5. The number of hydrogen-bond donors (Lipinski definition) is 1. The smallest absolute Gasteiger partial charge is 0.142 e. The first-order valence-corrected chi connectivity index (χ1v) is 7.54. The zero-order valence-electron chi connectivity index (χ0n) is 13.0. The van der Waals surface area contributed by atoms with Gasteiger partial charge in [-0.1, -0.05) is 38.0 Å². The molecule has 1 heterocycles. The van der Waals surface area contributed by atoms with Crippen LogP contribution in [0.2, 0.25) is 0 Å². The van der Waals surface area contributed by atoms with Crippen molar-refractivity contribution in [2.24, 2.45) is 0 Å². The van der Waals surface area contributed by atoms with E-state index in [1.807, 2.05) is 24.3 Å². The average Bonchev–Trinajstić information content (AvgIpc) is 2.59. The standard InChI is InChI=1S/C18H21N3O/c1-3-4-7-17(14-9-11-16(22-2)12-10-14)21-18-8-5-6-15(13-19)20-18/h5-6,8-12,17H,3-4,7H2,1-2H3,(H,20,21). The highest BCUT2D eigenvalue weighted by Gasteiger charge is 2.12. The first kappa shape index (κ1) is 15.8. The van der Waals surface area contributed by atoms with E-state index in [9.17, 15) is 0 Å². The van der Waals surface area contributed by atoms with Crippen LogP contribution in [0.25, 0.3) is 0 Å². The Kier molecular flexibility index (Phi) is 5.79. The summed E-state index contributed by atoms with van der Waals surface area (Å²) in [5.74, 6) is 1.58. The van der Waals surface area contributed by atoms with Crippen LogP contribution in [0.1, 0.15) is 43.5 Å². The third kappa shape index (κ3) is 4.23. The second-order valence-corrected chi connectivity index (χ2v) is 5.13. The Balaban J connectivity index is 2.19. The second-order valence-electron chi connectivity index (χ2n) is 5.13. The molecular weight excluding hydrogens is 274 g/mol. The van der Waals surface area contributed by atoms with E-state index in [-0.39, 0.29) is 6.04 Å². The molecule has 2 aromatic rings. The van der Waals surface area contributed by atoms with Gasteiger partial charge >= 0.3 is 0 Å². The summed E-state index contributed by atoms with van der Waals surface area (Å²) in [5, 5.41) is 12.4. The number of nitrogens with one attached hydrogen (secondary N) is 1. The number of pyridine rings is 1. The van der Waals surface area contributed by atoms with E-state index < -0.39 is 0 Å². The zero-order valence-corrected chi connectivity index (χ0v) is 13.0. The molecule has 0 saturated heterocycles. The van der Waals surface area contributed by atoms with Crippen molar-refractivity contribution in [1.82, 2.24) is 4.98 Å². The van der Waals surface area contributed by atoms with Crippen LogP contribution in [-0.4, -0.2) is 12.1 Å². The van der Waals surface area contributed by atoms with Gasteiger partial charge in [0.15, 0.2) is 0 Å². The number of unbranched alkanes of at least 4 members (excludes halogenated alkanes) is 1. The van der Waals surface area contributed by atoms with Crippen molar-refractivity contribution in [3.63, 3.8) is 0 Å². The lowest BCUT2D eigenvalue weighted by Crippen LogP contribution is -2.12.